The Bertz CT molecular complexity index is 398. The van der Waals surface area contributed by atoms with E-state index in [2.05, 4.69) is 31.1 Å². The highest BCUT2D eigenvalue weighted by Crippen LogP contribution is 2.20. The number of aliphatic hydroxyl groups is 1. The summed E-state index contributed by atoms with van der Waals surface area (Å²) in [6.07, 6.45) is 2.12. The molecule has 0 aliphatic heterocycles. The van der Waals surface area contributed by atoms with Crippen LogP contribution in [0.5, 0.6) is 0 Å². The van der Waals surface area contributed by atoms with Crippen LogP contribution in [-0.2, 0) is 0 Å². The Morgan fingerprint density at radius 3 is 2.61 bits per heavy atom. The molecule has 1 heterocycles. The molecule has 4 nitrogen and oxygen atoms in total. The van der Waals surface area contributed by atoms with Gasteiger partial charge in [0.15, 0.2) is 0 Å². The summed E-state index contributed by atoms with van der Waals surface area (Å²) < 4.78 is 0. The Balaban J connectivity index is 2.65. The number of aliphatic hydroxyl groups excluding tert-OH is 1. The monoisotopic (exact) mass is 270 g/mol. The number of nitrogens with zero attached hydrogens (tertiary/aromatic N) is 1. The molecular weight excluding hydrogens is 252 g/mol. The van der Waals surface area contributed by atoms with Gasteiger partial charge in [-0.15, -0.1) is 0 Å². The standard InChI is InChI=1S/C13H19ClN2O2/c1-13(2,3)6-10(8-17)16-12(18)9-4-5-11(14)15-7-9/h4-5,7,10,17H,6,8H2,1-3H3,(H,16,18). The third kappa shape index (κ3) is 5.02. The van der Waals surface area contributed by atoms with Gasteiger partial charge in [-0.1, -0.05) is 32.4 Å². The maximum absolute atomic E-state index is 11.9. The van der Waals surface area contributed by atoms with Crippen LogP contribution in [0.2, 0.25) is 5.15 Å². The van der Waals surface area contributed by atoms with Gasteiger partial charge in [-0.05, 0) is 24.0 Å². The van der Waals surface area contributed by atoms with Crippen LogP contribution in [0.15, 0.2) is 18.3 Å². The Kier molecular flexibility index (Phi) is 5.11. The summed E-state index contributed by atoms with van der Waals surface area (Å²) in [4.78, 5) is 15.8. The molecule has 0 bridgehead atoms. The van der Waals surface area contributed by atoms with E-state index in [0.29, 0.717) is 17.1 Å². The highest BCUT2D eigenvalue weighted by atomic mass is 35.5. The zero-order valence-electron chi connectivity index (χ0n) is 10.9. The van der Waals surface area contributed by atoms with Crippen LogP contribution >= 0.6 is 11.6 Å². The van der Waals surface area contributed by atoms with E-state index < -0.39 is 0 Å². The van der Waals surface area contributed by atoms with Crippen molar-refractivity contribution >= 4 is 17.5 Å². The van der Waals surface area contributed by atoms with Crippen LogP contribution in [0.4, 0.5) is 0 Å². The Labute approximate surface area is 112 Å². The number of hydrogen-bond acceptors (Lipinski definition) is 3. The van der Waals surface area contributed by atoms with E-state index in [-0.39, 0.29) is 24.0 Å². The van der Waals surface area contributed by atoms with Crippen molar-refractivity contribution in [2.24, 2.45) is 5.41 Å². The molecule has 0 saturated carbocycles. The summed E-state index contributed by atoms with van der Waals surface area (Å²) in [6.45, 7) is 6.10. The first kappa shape index (κ1) is 14.9. The average Bonchev–Trinajstić information content (AvgIpc) is 2.27. The zero-order valence-corrected chi connectivity index (χ0v) is 11.7. The predicted molar refractivity (Wildman–Crippen MR) is 71.7 cm³/mol. The average molecular weight is 271 g/mol. The van der Waals surface area contributed by atoms with E-state index >= 15 is 0 Å². The fraction of sp³-hybridized carbons (Fsp3) is 0.538. The molecule has 1 aromatic heterocycles. The number of hydrogen-bond donors (Lipinski definition) is 2. The van der Waals surface area contributed by atoms with Crippen molar-refractivity contribution in [2.75, 3.05) is 6.61 Å². The topological polar surface area (TPSA) is 62.2 Å². The van der Waals surface area contributed by atoms with Gasteiger partial charge in [0.05, 0.1) is 18.2 Å². The van der Waals surface area contributed by atoms with Crippen LogP contribution in [-0.4, -0.2) is 28.6 Å². The van der Waals surface area contributed by atoms with Gasteiger partial charge in [0.2, 0.25) is 0 Å². The van der Waals surface area contributed by atoms with Crippen molar-refractivity contribution in [3.8, 4) is 0 Å². The lowest BCUT2D eigenvalue weighted by molar-refractivity contribution is 0.0897. The maximum Gasteiger partial charge on any atom is 0.253 e. The minimum Gasteiger partial charge on any atom is -0.394 e. The van der Waals surface area contributed by atoms with Crippen molar-refractivity contribution < 1.29 is 9.90 Å². The van der Waals surface area contributed by atoms with Crippen molar-refractivity contribution in [1.29, 1.82) is 0 Å². The van der Waals surface area contributed by atoms with E-state index in [9.17, 15) is 9.90 Å². The molecule has 0 radical (unpaired) electrons. The van der Waals surface area contributed by atoms with Crippen LogP contribution in [0.1, 0.15) is 37.6 Å². The van der Waals surface area contributed by atoms with Crippen molar-refractivity contribution in [2.45, 2.75) is 33.2 Å². The van der Waals surface area contributed by atoms with Gasteiger partial charge in [-0.2, -0.15) is 0 Å². The second kappa shape index (κ2) is 6.16. The lowest BCUT2D eigenvalue weighted by Crippen LogP contribution is -2.40. The normalized spacial score (nSPS) is 13.2. The molecule has 1 atom stereocenters. The molecule has 1 amide bonds. The first-order valence-electron chi connectivity index (χ1n) is 5.85. The SMILES string of the molecule is CC(C)(C)CC(CO)NC(=O)c1ccc(Cl)nc1. The number of nitrogens with one attached hydrogen (secondary N) is 1. The maximum atomic E-state index is 11.9. The molecule has 18 heavy (non-hydrogen) atoms. The van der Waals surface area contributed by atoms with E-state index in [0.717, 1.165) is 0 Å². The quantitative estimate of drug-likeness (QED) is 0.825. The number of carbonyl (C=O) groups excluding carboxylic acids is 1. The summed E-state index contributed by atoms with van der Waals surface area (Å²) in [6, 6.07) is 2.91. The van der Waals surface area contributed by atoms with Crippen LogP contribution in [0.25, 0.3) is 0 Å². The fourth-order valence-corrected chi connectivity index (χ4v) is 1.79. The first-order valence-corrected chi connectivity index (χ1v) is 6.23. The number of pyridine rings is 1. The van der Waals surface area contributed by atoms with E-state index in [1.807, 2.05) is 0 Å². The van der Waals surface area contributed by atoms with Gasteiger partial charge >= 0.3 is 0 Å². The molecule has 0 saturated heterocycles. The summed E-state index contributed by atoms with van der Waals surface area (Å²) in [5, 5.41) is 12.4. The molecule has 5 heteroatoms. The highest BCUT2D eigenvalue weighted by molar-refractivity contribution is 6.29. The number of rotatable bonds is 4. The number of amides is 1. The van der Waals surface area contributed by atoms with E-state index in [4.69, 9.17) is 11.6 Å². The second-order valence-electron chi connectivity index (χ2n) is 5.49. The van der Waals surface area contributed by atoms with Gasteiger partial charge in [0.1, 0.15) is 5.15 Å². The summed E-state index contributed by atoms with van der Waals surface area (Å²) in [7, 11) is 0. The Morgan fingerprint density at radius 2 is 2.17 bits per heavy atom. The molecule has 0 aliphatic rings. The number of halogens is 1. The fourth-order valence-electron chi connectivity index (χ4n) is 1.68. The van der Waals surface area contributed by atoms with E-state index in [1.165, 1.54) is 6.20 Å². The molecule has 1 aromatic rings. The molecule has 100 valence electrons. The lowest BCUT2D eigenvalue weighted by atomic mass is 9.88. The Hall–Kier alpha value is -1.13. The van der Waals surface area contributed by atoms with Gasteiger partial charge in [0, 0.05) is 6.20 Å². The third-order valence-corrected chi connectivity index (χ3v) is 2.63. The molecule has 0 aromatic carbocycles. The van der Waals surface area contributed by atoms with Gasteiger partial charge in [-0.25, -0.2) is 4.98 Å². The van der Waals surface area contributed by atoms with Crippen LogP contribution in [0.3, 0.4) is 0 Å². The van der Waals surface area contributed by atoms with Crippen molar-refractivity contribution in [1.82, 2.24) is 10.3 Å². The van der Waals surface area contributed by atoms with Gasteiger partial charge in [-0.3, -0.25) is 4.79 Å². The van der Waals surface area contributed by atoms with E-state index in [1.54, 1.807) is 12.1 Å². The number of carbonyl (C=O) groups is 1. The van der Waals surface area contributed by atoms with Gasteiger partial charge < -0.3 is 10.4 Å². The molecule has 2 N–H and O–H groups in total. The first-order chi connectivity index (χ1) is 8.31. The van der Waals surface area contributed by atoms with Crippen LogP contribution < -0.4 is 5.32 Å². The molecule has 0 spiro atoms. The van der Waals surface area contributed by atoms with Crippen LogP contribution in [0, 0.1) is 5.41 Å². The van der Waals surface area contributed by atoms with Crippen molar-refractivity contribution in [3.63, 3.8) is 0 Å². The summed E-state index contributed by atoms with van der Waals surface area (Å²) in [5.41, 5.74) is 0.477. The Morgan fingerprint density at radius 1 is 1.50 bits per heavy atom. The largest absolute Gasteiger partial charge is 0.394 e. The minimum atomic E-state index is -0.256. The second-order valence-corrected chi connectivity index (χ2v) is 5.87. The summed E-state index contributed by atoms with van der Waals surface area (Å²) >= 11 is 5.65. The lowest BCUT2D eigenvalue weighted by Gasteiger charge is -2.25. The highest BCUT2D eigenvalue weighted by Gasteiger charge is 2.20. The molecule has 0 fully saturated rings. The molecule has 1 rings (SSSR count). The third-order valence-electron chi connectivity index (χ3n) is 2.40. The zero-order chi connectivity index (χ0) is 13.8. The van der Waals surface area contributed by atoms with Crippen molar-refractivity contribution in [3.05, 3.63) is 29.0 Å². The number of aromatic nitrogens is 1. The molecule has 0 aliphatic carbocycles. The molecular formula is C13H19ClN2O2. The smallest absolute Gasteiger partial charge is 0.253 e. The summed E-state index contributed by atoms with van der Waals surface area (Å²) in [5.74, 6) is -0.248. The van der Waals surface area contributed by atoms with Gasteiger partial charge in [0.25, 0.3) is 5.91 Å². The predicted octanol–water partition coefficient (Wildman–Crippen LogP) is 2.26. The minimum absolute atomic E-state index is 0.0406. The molecule has 1 unspecified atom stereocenters.